The summed E-state index contributed by atoms with van der Waals surface area (Å²) in [5, 5.41) is 19.0. The number of halogens is 4. The standard InChI is InChI=1S/C34H56F4O14.C21H30N6O2/c1-2-4-40-6-8-42-10-12-44-14-16-46-18-20-48-22-24-50-26-27-51-25-23-49-21-19-47-17-15-45-13-11-43-9-7-41-5-3-31(39)52-34-32(37)29(35)28-30(36)33(34)38;1-4-5-6-17-26-18(20(22)23)19(21(24)29-14(2)3)27(17)12-16-9-7-15(8-10-16)11-25-13-28/h28H,2-27H2,1H3;7-10,13-14,24H,4-6,11-12H2,1-3H3,(H3,22,23)(H,25,28). The van der Waals surface area contributed by atoms with Crippen LogP contribution >= 0.6 is 0 Å². The van der Waals surface area contributed by atoms with Gasteiger partial charge in [0.05, 0.1) is 164 Å². The normalized spacial score (nSPS) is 11.2. The number of nitrogen functional groups attached to an aromatic ring is 1. The Balaban J connectivity index is 0.000000648. The maximum Gasteiger partial charge on any atom is 0.313 e. The number of nitrogens with two attached hydrogens (primary N) is 1. The number of amidine groups is 1. The van der Waals surface area contributed by atoms with Gasteiger partial charge in [0.2, 0.25) is 29.7 Å². The Morgan fingerprint density at radius 1 is 0.605 bits per heavy atom. The molecule has 26 heteroatoms. The topological polar surface area (TPSA) is 267 Å². The van der Waals surface area contributed by atoms with Crippen molar-refractivity contribution in [1.29, 1.82) is 10.8 Å². The highest BCUT2D eigenvalue weighted by Gasteiger charge is 2.25. The molecule has 1 aromatic heterocycles. The largest absolute Gasteiger partial charge is 0.474 e. The number of carbonyl (C=O) groups is 2. The second-order valence-electron chi connectivity index (χ2n) is 17.5. The third-order valence-electron chi connectivity index (χ3n) is 10.6. The van der Waals surface area contributed by atoms with Crippen molar-refractivity contribution in [3.63, 3.8) is 0 Å². The molecule has 0 aliphatic rings. The fraction of sp³-hybridized carbons (Fsp3) is 0.655. The molecule has 22 nitrogen and oxygen atoms in total. The van der Waals surface area contributed by atoms with Crippen molar-refractivity contribution >= 4 is 24.1 Å². The number of ether oxygens (including phenoxy) is 14. The number of nitrogens with one attached hydrogen (secondary N) is 3. The number of hydrogen-bond acceptors (Lipinski definition) is 19. The van der Waals surface area contributed by atoms with Crippen molar-refractivity contribution in [2.75, 3.05) is 159 Å². The molecular weight excluding hydrogens is 1080 g/mol. The molecule has 0 radical (unpaired) electrons. The number of carbonyl (C=O) groups excluding carboxylic acids is 2. The minimum atomic E-state index is -1.79. The van der Waals surface area contributed by atoms with Crippen LogP contribution in [-0.4, -0.2) is 198 Å². The third kappa shape index (κ3) is 34.1. The molecule has 0 saturated carbocycles. The maximum atomic E-state index is 13.5. The minimum Gasteiger partial charge on any atom is -0.474 e. The molecule has 3 rings (SSSR count). The molecule has 1 amide bonds. The summed E-state index contributed by atoms with van der Waals surface area (Å²) in [5.74, 6) is -8.90. The van der Waals surface area contributed by atoms with Crippen molar-refractivity contribution in [1.82, 2.24) is 14.9 Å². The van der Waals surface area contributed by atoms with Gasteiger partial charge in [-0.2, -0.15) is 8.78 Å². The Bertz CT molecular complexity index is 2120. The van der Waals surface area contributed by atoms with Crippen molar-refractivity contribution in [2.45, 2.75) is 79.0 Å². The highest BCUT2D eigenvalue weighted by atomic mass is 19.2. The van der Waals surface area contributed by atoms with Crippen LogP contribution in [0.2, 0.25) is 0 Å². The fourth-order valence-electron chi connectivity index (χ4n) is 6.64. The number of amides is 1. The number of benzene rings is 2. The average Bonchev–Trinajstić information content (AvgIpc) is 3.98. The van der Waals surface area contributed by atoms with Crippen LogP contribution < -0.4 is 15.8 Å². The summed E-state index contributed by atoms with van der Waals surface area (Å²) < 4.78 is 130. The van der Waals surface area contributed by atoms with E-state index in [2.05, 4.69) is 28.9 Å². The monoisotopic (exact) mass is 1160 g/mol. The summed E-state index contributed by atoms with van der Waals surface area (Å²) in [6.45, 7) is 19.1. The molecular formula is C55H86F4N6O16. The lowest BCUT2D eigenvalue weighted by Gasteiger charge is -2.16. The van der Waals surface area contributed by atoms with Gasteiger partial charge in [-0.25, -0.2) is 13.8 Å². The van der Waals surface area contributed by atoms with Gasteiger partial charge in [0, 0.05) is 32.2 Å². The van der Waals surface area contributed by atoms with E-state index in [-0.39, 0.29) is 49.4 Å². The highest BCUT2D eigenvalue weighted by Crippen LogP contribution is 2.27. The Labute approximate surface area is 473 Å². The Hall–Kier alpha value is -5.23. The van der Waals surface area contributed by atoms with E-state index in [9.17, 15) is 27.2 Å². The van der Waals surface area contributed by atoms with Gasteiger partial charge >= 0.3 is 5.97 Å². The fourth-order valence-corrected chi connectivity index (χ4v) is 6.64. The van der Waals surface area contributed by atoms with Gasteiger partial charge in [0.1, 0.15) is 23.0 Å². The van der Waals surface area contributed by atoms with Gasteiger partial charge in [0.15, 0.2) is 11.6 Å². The first-order chi connectivity index (χ1) is 39.3. The van der Waals surface area contributed by atoms with E-state index in [0.717, 1.165) is 49.2 Å². The Morgan fingerprint density at radius 3 is 1.35 bits per heavy atom. The zero-order valence-electron chi connectivity index (χ0n) is 47.5. The molecule has 0 aliphatic carbocycles. The number of imidazole rings is 1. The van der Waals surface area contributed by atoms with Crippen LogP contribution in [0.1, 0.15) is 81.7 Å². The maximum absolute atomic E-state index is 13.5. The predicted octanol–water partition coefficient (Wildman–Crippen LogP) is 5.70. The SMILES string of the molecule is CCCCc1nc(C(=N)N)c(C(=N)OC(C)C)n1Cc1ccc(CNC=O)cc1.CCCOCCOCCOCCOCCOCCOCCOCCOCCOCCOCCOCCOCCC(=O)Oc1c(F)c(F)cc(F)c1F. The van der Waals surface area contributed by atoms with E-state index < -0.39 is 41.4 Å². The van der Waals surface area contributed by atoms with Crippen LogP contribution in [-0.2, 0) is 90.7 Å². The van der Waals surface area contributed by atoms with E-state index in [0.29, 0.717) is 157 Å². The zero-order valence-corrected chi connectivity index (χ0v) is 47.5. The summed E-state index contributed by atoms with van der Waals surface area (Å²) in [4.78, 5) is 26.7. The number of rotatable bonds is 50. The molecule has 81 heavy (non-hydrogen) atoms. The molecule has 0 bridgehead atoms. The summed E-state index contributed by atoms with van der Waals surface area (Å²) >= 11 is 0. The van der Waals surface area contributed by atoms with Gasteiger partial charge in [-0.3, -0.25) is 20.4 Å². The lowest BCUT2D eigenvalue weighted by Crippen LogP contribution is -2.22. The molecule has 3 aromatic rings. The second kappa shape index (κ2) is 47.3. The minimum absolute atomic E-state index is 0.0186. The van der Waals surface area contributed by atoms with Crippen molar-refractivity contribution < 1.29 is 93.5 Å². The van der Waals surface area contributed by atoms with E-state index in [1.165, 1.54) is 0 Å². The van der Waals surface area contributed by atoms with E-state index in [1.807, 2.05) is 42.7 Å². The number of hydrogen-bond donors (Lipinski definition) is 4. The average molecular weight is 1160 g/mol. The predicted molar refractivity (Wildman–Crippen MR) is 290 cm³/mol. The van der Waals surface area contributed by atoms with Crippen LogP contribution in [0, 0.1) is 34.1 Å². The first kappa shape index (κ1) is 71.9. The van der Waals surface area contributed by atoms with Gasteiger partial charge in [-0.1, -0.05) is 44.5 Å². The van der Waals surface area contributed by atoms with E-state index in [1.54, 1.807) is 0 Å². The molecule has 1 heterocycles. The lowest BCUT2D eigenvalue weighted by atomic mass is 10.1. The number of aryl methyl sites for hydroxylation is 1. The van der Waals surface area contributed by atoms with E-state index in [4.69, 9.17) is 78.1 Å². The number of unbranched alkanes of at least 4 members (excludes halogenated alkanes) is 1. The number of esters is 1. The summed E-state index contributed by atoms with van der Waals surface area (Å²) in [7, 11) is 0. The van der Waals surface area contributed by atoms with Gasteiger partial charge in [-0.15, -0.1) is 0 Å². The third-order valence-corrected chi connectivity index (χ3v) is 10.6. The lowest BCUT2D eigenvalue weighted by molar-refractivity contribution is -0.136. The molecule has 0 spiro atoms. The van der Waals surface area contributed by atoms with Crippen molar-refractivity contribution in [3.8, 4) is 5.75 Å². The molecule has 2 aromatic carbocycles. The Morgan fingerprint density at radius 2 is 0.988 bits per heavy atom. The van der Waals surface area contributed by atoms with Crippen LogP contribution in [0.4, 0.5) is 17.6 Å². The Kier molecular flexibility index (Phi) is 42.0. The van der Waals surface area contributed by atoms with Gasteiger partial charge < -0.3 is 81.9 Å². The van der Waals surface area contributed by atoms with Crippen molar-refractivity contribution in [3.05, 3.63) is 81.9 Å². The first-order valence-corrected chi connectivity index (χ1v) is 27.2. The van der Waals surface area contributed by atoms with E-state index >= 15 is 0 Å². The highest BCUT2D eigenvalue weighted by molar-refractivity contribution is 6.04. The molecule has 0 fully saturated rings. The smallest absolute Gasteiger partial charge is 0.313 e. The molecule has 0 atom stereocenters. The molecule has 0 unspecified atom stereocenters. The number of nitrogens with zero attached hydrogens (tertiary/aromatic N) is 2. The summed E-state index contributed by atoms with van der Waals surface area (Å²) in [6, 6.07) is 7.89. The second-order valence-corrected chi connectivity index (χ2v) is 17.5. The van der Waals surface area contributed by atoms with Crippen LogP contribution in [0.3, 0.4) is 0 Å². The summed E-state index contributed by atoms with van der Waals surface area (Å²) in [5.41, 5.74) is 8.51. The van der Waals surface area contributed by atoms with Crippen LogP contribution in [0.5, 0.6) is 5.75 Å². The quantitative estimate of drug-likeness (QED) is 0.00772. The zero-order chi connectivity index (χ0) is 59.1. The van der Waals surface area contributed by atoms with Gasteiger partial charge in [-0.05, 0) is 37.8 Å². The summed E-state index contributed by atoms with van der Waals surface area (Å²) in [6.07, 6.45) is 3.81. The van der Waals surface area contributed by atoms with Crippen LogP contribution in [0.15, 0.2) is 30.3 Å². The molecule has 0 saturated heterocycles. The molecule has 5 N–H and O–H groups in total. The molecule has 460 valence electrons. The van der Waals surface area contributed by atoms with Crippen LogP contribution in [0.25, 0.3) is 0 Å². The first-order valence-electron chi connectivity index (χ1n) is 27.2. The number of aromatic nitrogens is 2. The van der Waals surface area contributed by atoms with Crippen molar-refractivity contribution in [2.24, 2.45) is 5.73 Å². The molecule has 0 aliphatic heterocycles. The van der Waals surface area contributed by atoms with Gasteiger partial charge in [0.25, 0.3) is 0 Å².